The maximum atomic E-state index is 11.2. The minimum absolute atomic E-state index is 0. The molecule has 1 unspecified atom stereocenters. The standard InChI is InChI=1S/C14H17N2O3S2.Fe/c1-16-10(14(18)19)7-21-13(16)9-6-20-12(15-9)8-4-2-3-5-11(8)17;/h2-5,9-10,12-13,17H,6-7H2,1H3,(H,18,19);/q-1;+2/t9-,10-,12?,13+;/m0./s1. The van der Waals surface area contributed by atoms with Crippen molar-refractivity contribution in [2.24, 2.45) is 0 Å². The molecule has 2 heterocycles. The molecule has 3 rings (SSSR count). The average molecular weight is 381 g/mol. The van der Waals surface area contributed by atoms with Crippen LogP contribution < -0.4 is 0 Å². The summed E-state index contributed by atoms with van der Waals surface area (Å²) in [5.74, 6) is 0.965. The molecule has 0 aromatic heterocycles. The monoisotopic (exact) mass is 381 g/mol. The van der Waals surface area contributed by atoms with Gasteiger partial charge in [-0.3, -0.25) is 9.69 Å². The van der Waals surface area contributed by atoms with Gasteiger partial charge in [-0.05, 0) is 24.4 Å². The Morgan fingerprint density at radius 1 is 1.32 bits per heavy atom. The Morgan fingerprint density at radius 3 is 2.68 bits per heavy atom. The van der Waals surface area contributed by atoms with Crippen LogP contribution in [0.3, 0.4) is 0 Å². The Kier molecular flexibility index (Phi) is 6.10. The van der Waals surface area contributed by atoms with Crippen LogP contribution in [0, 0.1) is 0 Å². The number of thioether (sulfide) groups is 2. The predicted octanol–water partition coefficient (Wildman–Crippen LogP) is 2.34. The van der Waals surface area contributed by atoms with Crippen molar-refractivity contribution in [3.8, 4) is 5.75 Å². The van der Waals surface area contributed by atoms with Gasteiger partial charge in [0.05, 0.1) is 0 Å². The molecule has 0 bridgehead atoms. The quantitative estimate of drug-likeness (QED) is 0.783. The summed E-state index contributed by atoms with van der Waals surface area (Å²) in [6.07, 6.45) is 0. The summed E-state index contributed by atoms with van der Waals surface area (Å²) in [5.41, 5.74) is 0.838. The van der Waals surface area contributed by atoms with Gasteiger partial charge in [0.15, 0.2) is 0 Å². The Morgan fingerprint density at radius 2 is 2.05 bits per heavy atom. The van der Waals surface area contributed by atoms with Crippen molar-refractivity contribution < 1.29 is 32.1 Å². The van der Waals surface area contributed by atoms with E-state index in [2.05, 4.69) is 0 Å². The molecule has 2 fully saturated rings. The van der Waals surface area contributed by atoms with E-state index in [1.165, 1.54) is 0 Å². The third-order valence-corrected chi connectivity index (χ3v) is 6.61. The van der Waals surface area contributed by atoms with Crippen molar-refractivity contribution >= 4 is 29.5 Å². The fourth-order valence-corrected chi connectivity index (χ4v) is 5.62. The van der Waals surface area contributed by atoms with Gasteiger partial charge in [0.2, 0.25) is 0 Å². The molecule has 0 radical (unpaired) electrons. The Hall–Kier alpha value is -0.371. The maximum Gasteiger partial charge on any atom is 2.00 e. The van der Waals surface area contributed by atoms with Gasteiger partial charge in [0, 0.05) is 11.1 Å². The van der Waals surface area contributed by atoms with Gasteiger partial charge in [-0.1, -0.05) is 23.6 Å². The fraction of sp³-hybridized carbons (Fsp3) is 0.500. The van der Waals surface area contributed by atoms with E-state index in [9.17, 15) is 15.0 Å². The van der Waals surface area contributed by atoms with Gasteiger partial charge < -0.3 is 15.5 Å². The van der Waals surface area contributed by atoms with E-state index < -0.39 is 12.0 Å². The van der Waals surface area contributed by atoms with Crippen molar-refractivity contribution in [2.45, 2.75) is 22.8 Å². The topological polar surface area (TPSA) is 74.9 Å². The van der Waals surface area contributed by atoms with E-state index in [0.717, 1.165) is 11.3 Å². The molecule has 2 aliphatic heterocycles. The first kappa shape index (κ1) is 18.0. The predicted molar refractivity (Wildman–Crippen MR) is 85.9 cm³/mol. The minimum Gasteiger partial charge on any atom is -0.641 e. The number of aliphatic carboxylic acids is 1. The number of phenolic OH excluding ortho intramolecular Hbond substituents is 1. The van der Waals surface area contributed by atoms with Crippen molar-refractivity contribution in [1.82, 2.24) is 4.90 Å². The third kappa shape index (κ3) is 3.42. The number of carbonyl (C=O) groups is 1. The second kappa shape index (κ2) is 7.47. The van der Waals surface area contributed by atoms with Crippen LogP contribution in [0.15, 0.2) is 24.3 Å². The number of rotatable bonds is 3. The summed E-state index contributed by atoms with van der Waals surface area (Å²) in [6, 6.07) is 6.94. The molecule has 1 aromatic carbocycles. The molecule has 2 aliphatic rings. The average Bonchev–Trinajstić information content (AvgIpc) is 3.05. The van der Waals surface area contributed by atoms with Crippen LogP contribution in [-0.2, 0) is 21.9 Å². The molecule has 0 saturated carbocycles. The Balaban J connectivity index is 0.00000176. The number of para-hydroxylation sites is 1. The number of aromatic hydroxyl groups is 1. The zero-order valence-corrected chi connectivity index (χ0v) is 14.6. The van der Waals surface area contributed by atoms with E-state index in [0.29, 0.717) is 5.75 Å². The van der Waals surface area contributed by atoms with Gasteiger partial charge in [-0.2, -0.15) is 11.8 Å². The molecular formula is C14H17FeN2O3S2+. The van der Waals surface area contributed by atoms with Crippen molar-refractivity contribution in [2.75, 3.05) is 18.6 Å². The molecule has 4 atom stereocenters. The van der Waals surface area contributed by atoms with Crippen LogP contribution >= 0.6 is 23.5 Å². The number of nitrogens with zero attached hydrogens (tertiary/aromatic N) is 2. The smallest absolute Gasteiger partial charge is 0.641 e. The van der Waals surface area contributed by atoms with Gasteiger partial charge >= 0.3 is 23.0 Å². The number of hydrogen-bond acceptors (Lipinski definition) is 5. The summed E-state index contributed by atoms with van der Waals surface area (Å²) >= 11 is 3.36. The molecule has 2 N–H and O–H groups in total. The van der Waals surface area contributed by atoms with Crippen LogP contribution in [-0.4, -0.2) is 57.1 Å². The number of carboxylic acid groups (broad SMARTS) is 1. The van der Waals surface area contributed by atoms with E-state index in [1.54, 1.807) is 35.7 Å². The molecule has 2 saturated heterocycles. The molecular weight excluding hydrogens is 364 g/mol. The second-order valence-electron chi connectivity index (χ2n) is 5.20. The molecule has 0 spiro atoms. The SMILES string of the molecule is CN1[C@@H]([C@@H]2CSC(c3ccccc3O)[N-]2)SC[C@H]1C(=O)O.[Fe+2]. The Bertz CT molecular complexity index is 549. The summed E-state index contributed by atoms with van der Waals surface area (Å²) in [7, 11) is 1.86. The first-order chi connectivity index (χ1) is 10.1. The second-order valence-corrected chi connectivity index (χ2v) is 7.47. The first-order valence-electron chi connectivity index (χ1n) is 6.73. The van der Waals surface area contributed by atoms with Crippen molar-refractivity contribution in [3.63, 3.8) is 0 Å². The fourth-order valence-electron chi connectivity index (χ4n) is 2.70. The van der Waals surface area contributed by atoms with E-state index in [1.807, 2.05) is 24.1 Å². The van der Waals surface area contributed by atoms with E-state index in [-0.39, 0.29) is 39.6 Å². The van der Waals surface area contributed by atoms with Crippen LogP contribution in [0.2, 0.25) is 0 Å². The van der Waals surface area contributed by atoms with Crippen LogP contribution in [0.1, 0.15) is 10.9 Å². The summed E-state index contributed by atoms with van der Waals surface area (Å²) < 4.78 is 0. The third-order valence-electron chi connectivity index (χ3n) is 3.89. The van der Waals surface area contributed by atoms with Gasteiger partial charge in [-0.25, -0.2) is 0 Å². The molecule has 0 amide bonds. The van der Waals surface area contributed by atoms with Gasteiger partial charge in [0.25, 0.3) is 0 Å². The van der Waals surface area contributed by atoms with E-state index >= 15 is 0 Å². The largest absolute Gasteiger partial charge is 2.00 e. The molecule has 8 heteroatoms. The van der Waals surface area contributed by atoms with Gasteiger partial charge in [0.1, 0.15) is 11.8 Å². The summed E-state index contributed by atoms with van der Waals surface area (Å²) in [5, 5.41) is 23.9. The first-order valence-corrected chi connectivity index (χ1v) is 8.83. The van der Waals surface area contributed by atoms with Gasteiger partial charge in [-0.15, -0.1) is 17.8 Å². The number of carboxylic acids is 1. The number of hydrogen-bond donors (Lipinski definition) is 2. The molecule has 22 heavy (non-hydrogen) atoms. The number of phenols is 1. The normalized spacial score (nSPS) is 31.9. The molecule has 1 aromatic rings. The van der Waals surface area contributed by atoms with Crippen molar-refractivity contribution in [3.05, 3.63) is 35.1 Å². The Labute approximate surface area is 148 Å². The molecule has 5 nitrogen and oxygen atoms in total. The number of benzene rings is 1. The zero-order valence-electron chi connectivity index (χ0n) is 11.9. The zero-order chi connectivity index (χ0) is 15.0. The van der Waals surface area contributed by atoms with Crippen LogP contribution in [0.5, 0.6) is 5.75 Å². The maximum absolute atomic E-state index is 11.2. The molecule has 120 valence electrons. The van der Waals surface area contributed by atoms with Crippen LogP contribution in [0.4, 0.5) is 0 Å². The number of likely N-dealkylation sites (N-methyl/N-ethyl adjacent to an activating group) is 1. The summed E-state index contributed by atoms with van der Waals surface area (Å²) in [4.78, 5) is 13.1. The van der Waals surface area contributed by atoms with Crippen molar-refractivity contribution in [1.29, 1.82) is 0 Å². The van der Waals surface area contributed by atoms with E-state index in [4.69, 9.17) is 5.32 Å². The molecule has 0 aliphatic carbocycles. The van der Waals surface area contributed by atoms with Crippen LogP contribution in [0.25, 0.3) is 5.32 Å². The summed E-state index contributed by atoms with van der Waals surface area (Å²) in [6.45, 7) is 0. The minimum atomic E-state index is -0.768.